The van der Waals surface area contributed by atoms with Crippen LogP contribution in [-0.4, -0.2) is 40.7 Å². The van der Waals surface area contributed by atoms with Gasteiger partial charge in [-0.25, -0.2) is 0 Å². The lowest BCUT2D eigenvalue weighted by Gasteiger charge is -2.39. The van der Waals surface area contributed by atoms with Gasteiger partial charge in [0.2, 0.25) is 0 Å². The molecule has 0 saturated carbocycles. The maximum atomic E-state index is 12.5. The quantitative estimate of drug-likeness (QED) is 0.784. The van der Waals surface area contributed by atoms with Crippen molar-refractivity contribution >= 4 is 11.8 Å². The summed E-state index contributed by atoms with van der Waals surface area (Å²) in [7, 11) is 1.69. The van der Waals surface area contributed by atoms with Gasteiger partial charge in [-0.15, -0.1) is 0 Å². The third kappa shape index (κ3) is 3.63. The molecule has 1 heterocycles. The van der Waals surface area contributed by atoms with Gasteiger partial charge in [0.15, 0.2) is 0 Å². The molecule has 21 heavy (non-hydrogen) atoms. The number of hydrogen-bond acceptors (Lipinski definition) is 2. The van der Waals surface area contributed by atoms with E-state index in [1.54, 1.807) is 11.9 Å². The Morgan fingerprint density at radius 1 is 1.14 bits per heavy atom. The second-order valence-corrected chi connectivity index (χ2v) is 5.99. The van der Waals surface area contributed by atoms with Crippen molar-refractivity contribution in [3.8, 4) is 0 Å². The van der Waals surface area contributed by atoms with Gasteiger partial charge in [0.1, 0.15) is 0 Å². The largest absolute Gasteiger partial charge is 0.333 e. The summed E-state index contributed by atoms with van der Waals surface area (Å²) >= 11 is 0. The Bertz CT molecular complexity index is 491. The normalized spacial score (nSPS) is 22.0. The number of carbonyl (C=O) groups excluding carboxylic acids is 2. The third-order valence-electron chi connectivity index (χ3n) is 4.22. The molecule has 0 bridgehead atoms. The first-order chi connectivity index (χ1) is 10.0. The predicted molar refractivity (Wildman–Crippen MR) is 82.5 cm³/mol. The molecule has 2 atom stereocenters. The Hall–Kier alpha value is -1.84. The Balaban J connectivity index is 2.02. The summed E-state index contributed by atoms with van der Waals surface area (Å²) in [4.78, 5) is 28.1. The van der Waals surface area contributed by atoms with Crippen molar-refractivity contribution < 1.29 is 9.59 Å². The summed E-state index contributed by atoms with van der Waals surface area (Å²) in [5, 5.41) is 0. The highest BCUT2D eigenvalue weighted by Gasteiger charge is 2.34. The molecular weight excluding hydrogens is 264 g/mol. The SMILES string of the molecule is CC1CCCC(C)N1C(=O)C(=O)N(C)Cc1ccccc1. The van der Waals surface area contributed by atoms with Crippen LogP contribution in [0.3, 0.4) is 0 Å². The molecule has 0 radical (unpaired) electrons. The van der Waals surface area contributed by atoms with Crippen LogP contribution in [0, 0.1) is 0 Å². The van der Waals surface area contributed by atoms with Crippen LogP contribution in [0.1, 0.15) is 38.7 Å². The van der Waals surface area contributed by atoms with Gasteiger partial charge in [-0.05, 0) is 38.7 Å². The third-order valence-corrected chi connectivity index (χ3v) is 4.22. The topological polar surface area (TPSA) is 40.6 Å². The van der Waals surface area contributed by atoms with E-state index in [1.165, 1.54) is 4.90 Å². The smallest absolute Gasteiger partial charge is 0.312 e. The van der Waals surface area contributed by atoms with Gasteiger partial charge in [-0.2, -0.15) is 0 Å². The molecule has 1 saturated heterocycles. The van der Waals surface area contributed by atoms with E-state index in [2.05, 4.69) is 0 Å². The number of nitrogens with zero attached hydrogens (tertiary/aromatic N) is 2. The molecular formula is C17H24N2O2. The number of piperidine rings is 1. The lowest BCUT2D eigenvalue weighted by atomic mass is 9.97. The molecule has 0 N–H and O–H groups in total. The minimum atomic E-state index is -0.417. The van der Waals surface area contributed by atoms with E-state index < -0.39 is 5.91 Å². The minimum absolute atomic E-state index is 0.148. The van der Waals surface area contributed by atoms with Gasteiger partial charge >= 0.3 is 11.8 Å². The van der Waals surface area contributed by atoms with Crippen molar-refractivity contribution in [1.82, 2.24) is 9.80 Å². The van der Waals surface area contributed by atoms with E-state index in [4.69, 9.17) is 0 Å². The van der Waals surface area contributed by atoms with E-state index in [0.29, 0.717) is 6.54 Å². The summed E-state index contributed by atoms with van der Waals surface area (Å²) in [6, 6.07) is 10.0. The fourth-order valence-electron chi connectivity index (χ4n) is 3.02. The first-order valence-electron chi connectivity index (χ1n) is 7.62. The van der Waals surface area contributed by atoms with Gasteiger partial charge in [0.05, 0.1) is 0 Å². The summed E-state index contributed by atoms with van der Waals surface area (Å²) in [5.74, 6) is -0.785. The van der Waals surface area contributed by atoms with Gasteiger partial charge in [-0.1, -0.05) is 30.3 Å². The zero-order chi connectivity index (χ0) is 15.4. The molecule has 1 aliphatic rings. The molecule has 1 aliphatic heterocycles. The van der Waals surface area contributed by atoms with Gasteiger partial charge in [0.25, 0.3) is 0 Å². The number of rotatable bonds is 2. The maximum Gasteiger partial charge on any atom is 0.312 e. The predicted octanol–water partition coefficient (Wildman–Crippen LogP) is 2.43. The molecule has 0 aromatic heterocycles. The first-order valence-corrected chi connectivity index (χ1v) is 7.62. The Morgan fingerprint density at radius 2 is 1.71 bits per heavy atom. The van der Waals surface area contributed by atoms with Crippen LogP contribution in [0.4, 0.5) is 0 Å². The average molecular weight is 288 g/mol. The average Bonchev–Trinajstić information content (AvgIpc) is 2.47. The van der Waals surface area contributed by atoms with Crippen LogP contribution in [0.2, 0.25) is 0 Å². The molecule has 4 heteroatoms. The molecule has 114 valence electrons. The van der Waals surface area contributed by atoms with E-state index >= 15 is 0 Å². The minimum Gasteiger partial charge on any atom is -0.333 e. The monoisotopic (exact) mass is 288 g/mol. The summed E-state index contributed by atoms with van der Waals surface area (Å²) in [5.41, 5.74) is 1.03. The standard InChI is InChI=1S/C17H24N2O2/c1-13-8-7-9-14(2)19(13)17(21)16(20)18(3)12-15-10-5-4-6-11-15/h4-6,10-11,13-14H,7-9,12H2,1-3H3. The molecule has 2 rings (SSSR count). The van der Waals surface area contributed by atoms with E-state index in [9.17, 15) is 9.59 Å². The van der Waals surface area contributed by atoms with Crippen LogP contribution >= 0.6 is 0 Å². The molecule has 0 spiro atoms. The number of benzene rings is 1. The zero-order valence-corrected chi connectivity index (χ0v) is 13.1. The number of carbonyl (C=O) groups is 2. The number of likely N-dealkylation sites (tertiary alicyclic amines) is 1. The van der Waals surface area contributed by atoms with Crippen molar-refractivity contribution in [2.75, 3.05) is 7.05 Å². The van der Waals surface area contributed by atoms with Crippen LogP contribution in [-0.2, 0) is 16.1 Å². The molecule has 1 aromatic carbocycles. The lowest BCUT2D eigenvalue weighted by Crippen LogP contribution is -2.53. The second-order valence-electron chi connectivity index (χ2n) is 5.99. The van der Waals surface area contributed by atoms with E-state index in [1.807, 2.05) is 44.2 Å². The summed E-state index contributed by atoms with van der Waals surface area (Å²) in [6.07, 6.45) is 3.08. The lowest BCUT2D eigenvalue weighted by molar-refractivity contribution is -0.155. The van der Waals surface area contributed by atoms with E-state index in [0.717, 1.165) is 24.8 Å². The molecule has 1 fully saturated rings. The number of hydrogen-bond donors (Lipinski definition) is 0. The molecule has 2 unspecified atom stereocenters. The fourth-order valence-corrected chi connectivity index (χ4v) is 3.02. The molecule has 1 aromatic rings. The van der Waals surface area contributed by atoms with Crippen molar-refractivity contribution in [2.45, 2.75) is 51.7 Å². The molecule has 2 amide bonds. The highest BCUT2D eigenvalue weighted by atomic mass is 16.2. The molecule has 0 aliphatic carbocycles. The Labute approximate surface area is 126 Å². The number of amides is 2. The van der Waals surface area contributed by atoms with Crippen molar-refractivity contribution in [3.63, 3.8) is 0 Å². The van der Waals surface area contributed by atoms with Crippen molar-refractivity contribution in [3.05, 3.63) is 35.9 Å². The maximum absolute atomic E-state index is 12.5. The highest BCUT2D eigenvalue weighted by molar-refractivity contribution is 6.34. The van der Waals surface area contributed by atoms with E-state index in [-0.39, 0.29) is 18.0 Å². The second kappa shape index (κ2) is 6.74. The first kappa shape index (κ1) is 15.5. The summed E-state index contributed by atoms with van der Waals surface area (Å²) < 4.78 is 0. The van der Waals surface area contributed by atoms with Crippen molar-refractivity contribution in [1.29, 1.82) is 0 Å². The van der Waals surface area contributed by atoms with Gasteiger partial charge in [0, 0.05) is 25.7 Å². The Morgan fingerprint density at radius 3 is 2.29 bits per heavy atom. The zero-order valence-electron chi connectivity index (χ0n) is 13.1. The Kier molecular flexibility index (Phi) is 4.99. The van der Waals surface area contributed by atoms with Crippen molar-refractivity contribution in [2.24, 2.45) is 0 Å². The van der Waals surface area contributed by atoms with Crippen LogP contribution in [0.15, 0.2) is 30.3 Å². The van der Waals surface area contributed by atoms with Crippen LogP contribution in [0.25, 0.3) is 0 Å². The van der Waals surface area contributed by atoms with Gasteiger partial charge < -0.3 is 9.80 Å². The van der Waals surface area contributed by atoms with Crippen LogP contribution < -0.4 is 0 Å². The number of likely N-dealkylation sites (N-methyl/N-ethyl adjacent to an activating group) is 1. The highest BCUT2D eigenvalue weighted by Crippen LogP contribution is 2.23. The fraction of sp³-hybridized carbons (Fsp3) is 0.529. The van der Waals surface area contributed by atoms with Crippen LogP contribution in [0.5, 0.6) is 0 Å². The summed E-state index contributed by atoms with van der Waals surface area (Å²) in [6.45, 7) is 4.51. The molecule has 4 nitrogen and oxygen atoms in total. The van der Waals surface area contributed by atoms with Gasteiger partial charge in [-0.3, -0.25) is 9.59 Å².